The highest BCUT2D eigenvalue weighted by Gasteiger charge is 2.66. The molecule has 0 amide bonds. The van der Waals surface area contributed by atoms with Crippen molar-refractivity contribution in [2.75, 3.05) is 0 Å². The van der Waals surface area contributed by atoms with Crippen molar-refractivity contribution in [2.45, 2.75) is 46.4 Å². The second-order valence-corrected chi connectivity index (χ2v) is 7.19. The highest BCUT2D eigenvalue weighted by molar-refractivity contribution is 6.21. The maximum absolute atomic E-state index is 6.63. The van der Waals surface area contributed by atoms with Gasteiger partial charge < -0.3 is 0 Å². The monoisotopic (exact) mass is 250 g/mol. The zero-order valence-electron chi connectivity index (χ0n) is 11.5. The van der Waals surface area contributed by atoms with Gasteiger partial charge in [0.1, 0.15) is 0 Å². The molecule has 2 rings (SSSR count). The lowest BCUT2D eigenvalue weighted by Gasteiger charge is -2.12. The molecular weight excluding hydrogens is 228 g/mol. The van der Waals surface area contributed by atoms with Crippen LogP contribution in [0, 0.1) is 23.7 Å². The topological polar surface area (TPSA) is 0 Å². The van der Waals surface area contributed by atoms with E-state index in [4.69, 9.17) is 11.6 Å². The number of halogens is 1. The van der Waals surface area contributed by atoms with Crippen molar-refractivity contribution in [3.05, 3.63) is 35.4 Å². The lowest BCUT2D eigenvalue weighted by molar-refractivity contribution is 0.457. The van der Waals surface area contributed by atoms with Gasteiger partial charge in [0, 0.05) is 5.38 Å². The largest absolute Gasteiger partial charge is 0.122 e. The standard InChI is InChI=1S/C16H23Cl/c1-11-7-6-8-12(9-11)10-13(17)14-15(2,3)16(14,4)5/h6-9,13-14H,10H2,1-5H3. The van der Waals surface area contributed by atoms with Crippen LogP contribution in [0.5, 0.6) is 0 Å². The van der Waals surface area contributed by atoms with E-state index in [0.29, 0.717) is 16.7 Å². The Balaban J connectivity index is 2.07. The summed E-state index contributed by atoms with van der Waals surface area (Å²) < 4.78 is 0. The van der Waals surface area contributed by atoms with Gasteiger partial charge in [-0.1, -0.05) is 57.5 Å². The van der Waals surface area contributed by atoms with Crippen LogP contribution in [-0.2, 0) is 6.42 Å². The fourth-order valence-corrected chi connectivity index (χ4v) is 4.14. The fourth-order valence-electron chi connectivity index (χ4n) is 3.33. The summed E-state index contributed by atoms with van der Waals surface area (Å²) in [6, 6.07) is 8.69. The molecule has 17 heavy (non-hydrogen) atoms. The maximum atomic E-state index is 6.63. The Hall–Kier alpha value is -0.490. The highest BCUT2D eigenvalue weighted by atomic mass is 35.5. The number of hydrogen-bond donors (Lipinski definition) is 0. The van der Waals surface area contributed by atoms with E-state index in [2.05, 4.69) is 58.9 Å². The SMILES string of the molecule is Cc1cccc(CC(Cl)C2C(C)(C)C2(C)C)c1. The average molecular weight is 251 g/mol. The minimum absolute atomic E-state index is 0.252. The maximum Gasteiger partial charge on any atom is 0.0415 e. The lowest BCUT2D eigenvalue weighted by atomic mass is 10.0. The molecule has 0 saturated heterocycles. The molecule has 1 saturated carbocycles. The molecule has 1 aliphatic carbocycles. The van der Waals surface area contributed by atoms with Crippen LogP contribution in [0.2, 0.25) is 0 Å². The molecule has 0 radical (unpaired) electrons. The Morgan fingerprint density at radius 2 is 1.76 bits per heavy atom. The molecule has 1 fully saturated rings. The molecule has 0 aromatic heterocycles. The molecule has 1 aliphatic rings. The van der Waals surface area contributed by atoms with Crippen LogP contribution in [0.1, 0.15) is 38.8 Å². The van der Waals surface area contributed by atoms with Gasteiger partial charge in [0.25, 0.3) is 0 Å². The van der Waals surface area contributed by atoms with Gasteiger partial charge >= 0.3 is 0 Å². The van der Waals surface area contributed by atoms with Gasteiger partial charge in [-0.3, -0.25) is 0 Å². The van der Waals surface area contributed by atoms with E-state index in [1.165, 1.54) is 11.1 Å². The summed E-state index contributed by atoms with van der Waals surface area (Å²) in [5.74, 6) is 0.622. The summed E-state index contributed by atoms with van der Waals surface area (Å²) in [4.78, 5) is 0. The molecule has 1 aromatic rings. The third-order valence-electron chi connectivity index (χ3n) is 5.01. The first kappa shape index (κ1) is 13.0. The second kappa shape index (κ2) is 4.02. The lowest BCUT2D eigenvalue weighted by Crippen LogP contribution is -2.11. The summed E-state index contributed by atoms with van der Waals surface area (Å²) in [5, 5.41) is 0.252. The van der Waals surface area contributed by atoms with Gasteiger partial charge in [-0.25, -0.2) is 0 Å². The molecule has 0 spiro atoms. The Morgan fingerprint density at radius 3 is 2.24 bits per heavy atom. The van der Waals surface area contributed by atoms with E-state index in [1.54, 1.807) is 0 Å². The summed E-state index contributed by atoms with van der Waals surface area (Å²) in [5.41, 5.74) is 3.44. The van der Waals surface area contributed by atoms with Gasteiger partial charge in [0.15, 0.2) is 0 Å². The Labute approximate surface area is 110 Å². The molecule has 1 heteroatoms. The van der Waals surface area contributed by atoms with Crippen molar-refractivity contribution in [2.24, 2.45) is 16.7 Å². The van der Waals surface area contributed by atoms with Crippen molar-refractivity contribution < 1.29 is 0 Å². The number of alkyl halides is 1. The number of rotatable bonds is 3. The normalized spacial score (nSPS) is 23.4. The van der Waals surface area contributed by atoms with Crippen molar-refractivity contribution in [1.82, 2.24) is 0 Å². The molecular formula is C16H23Cl. The number of aryl methyl sites for hydroxylation is 1. The predicted molar refractivity (Wildman–Crippen MR) is 75.6 cm³/mol. The van der Waals surface area contributed by atoms with Crippen LogP contribution in [0.15, 0.2) is 24.3 Å². The van der Waals surface area contributed by atoms with Crippen molar-refractivity contribution in [3.63, 3.8) is 0 Å². The van der Waals surface area contributed by atoms with E-state index in [0.717, 1.165) is 6.42 Å². The molecule has 1 atom stereocenters. The van der Waals surface area contributed by atoms with Gasteiger partial charge in [-0.05, 0) is 35.7 Å². The first-order valence-electron chi connectivity index (χ1n) is 6.46. The minimum Gasteiger partial charge on any atom is -0.122 e. The molecule has 1 aromatic carbocycles. The minimum atomic E-state index is 0.252. The molecule has 94 valence electrons. The number of benzene rings is 1. The van der Waals surface area contributed by atoms with Crippen LogP contribution in [0.4, 0.5) is 0 Å². The Kier molecular flexibility index (Phi) is 3.06. The van der Waals surface area contributed by atoms with Crippen LogP contribution < -0.4 is 0 Å². The fraction of sp³-hybridized carbons (Fsp3) is 0.625. The van der Waals surface area contributed by atoms with E-state index in [9.17, 15) is 0 Å². The third-order valence-corrected chi connectivity index (χ3v) is 5.41. The Bertz CT molecular complexity index is 403. The van der Waals surface area contributed by atoms with E-state index < -0.39 is 0 Å². The van der Waals surface area contributed by atoms with Crippen molar-refractivity contribution in [1.29, 1.82) is 0 Å². The van der Waals surface area contributed by atoms with Gasteiger partial charge in [-0.2, -0.15) is 0 Å². The first-order valence-corrected chi connectivity index (χ1v) is 6.90. The molecule has 1 unspecified atom stereocenters. The average Bonchev–Trinajstić information content (AvgIpc) is 2.56. The van der Waals surface area contributed by atoms with Crippen molar-refractivity contribution in [3.8, 4) is 0 Å². The number of hydrogen-bond acceptors (Lipinski definition) is 0. The molecule has 0 nitrogen and oxygen atoms in total. The summed E-state index contributed by atoms with van der Waals surface area (Å²) >= 11 is 6.63. The predicted octanol–water partition coefficient (Wildman–Crippen LogP) is 4.83. The zero-order chi connectivity index (χ0) is 12.8. The Morgan fingerprint density at radius 1 is 1.18 bits per heavy atom. The molecule has 0 N–H and O–H groups in total. The van der Waals surface area contributed by atoms with Crippen LogP contribution in [0.25, 0.3) is 0 Å². The summed E-state index contributed by atoms with van der Waals surface area (Å²) in [6.45, 7) is 11.5. The van der Waals surface area contributed by atoms with E-state index in [-0.39, 0.29) is 5.38 Å². The van der Waals surface area contributed by atoms with Gasteiger partial charge in [0.05, 0.1) is 0 Å². The molecule has 0 aliphatic heterocycles. The van der Waals surface area contributed by atoms with Gasteiger partial charge in [0.2, 0.25) is 0 Å². The quantitative estimate of drug-likeness (QED) is 0.675. The molecule has 0 heterocycles. The second-order valence-electron chi connectivity index (χ2n) is 6.63. The zero-order valence-corrected chi connectivity index (χ0v) is 12.3. The van der Waals surface area contributed by atoms with Crippen LogP contribution in [-0.4, -0.2) is 5.38 Å². The van der Waals surface area contributed by atoms with E-state index in [1.807, 2.05) is 0 Å². The summed E-state index contributed by atoms with van der Waals surface area (Å²) in [7, 11) is 0. The highest BCUT2D eigenvalue weighted by Crippen LogP contribution is 2.70. The van der Waals surface area contributed by atoms with Crippen LogP contribution >= 0.6 is 11.6 Å². The van der Waals surface area contributed by atoms with Crippen LogP contribution in [0.3, 0.4) is 0 Å². The van der Waals surface area contributed by atoms with Crippen molar-refractivity contribution >= 4 is 11.6 Å². The van der Waals surface area contributed by atoms with E-state index >= 15 is 0 Å². The smallest absolute Gasteiger partial charge is 0.0415 e. The molecule has 0 bridgehead atoms. The third kappa shape index (κ3) is 2.12. The summed E-state index contributed by atoms with van der Waals surface area (Å²) in [6.07, 6.45) is 0.987. The first-order chi connectivity index (χ1) is 7.76. The van der Waals surface area contributed by atoms with Gasteiger partial charge in [-0.15, -0.1) is 11.6 Å².